The molecule has 0 bridgehead atoms. The van der Waals surface area contributed by atoms with Crippen LogP contribution in [0.5, 0.6) is 0 Å². The van der Waals surface area contributed by atoms with Crippen LogP contribution in [0, 0.1) is 26.0 Å². The van der Waals surface area contributed by atoms with Gasteiger partial charge >= 0.3 is 20.1 Å². The third-order valence-electron chi connectivity index (χ3n) is 4.22. The first-order valence-electron chi connectivity index (χ1n) is 10.5. The second-order valence-corrected chi connectivity index (χ2v) is 7.35. The summed E-state index contributed by atoms with van der Waals surface area (Å²) in [6.07, 6.45) is 4.64. The van der Waals surface area contributed by atoms with Crippen molar-refractivity contribution < 1.29 is 30.0 Å². The molecular formula is C29H27IrN2O2. The van der Waals surface area contributed by atoms with Gasteiger partial charge in [-0.05, 0) is 36.5 Å². The van der Waals surface area contributed by atoms with Gasteiger partial charge in [0.25, 0.3) is 0 Å². The Morgan fingerprint density at radius 2 is 1.21 bits per heavy atom. The molecule has 0 spiro atoms. The molecule has 0 saturated heterocycles. The second kappa shape index (κ2) is 15.4. The molecule has 4 aromatic rings. The average molecular weight is 628 g/mol. The predicted molar refractivity (Wildman–Crippen MR) is 131 cm³/mol. The number of ketones is 1. The van der Waals surface area contributed by atoms with E-state index in [2.05, 4.69) is 48.1 Å². The summed E-state index contributed by atoms with van der Waals surface area (Å²) in [6, 6.07) is 30.3. The third kappa shape index (κ3) is 11.0. The number of hydrogen-bond donors (Lipinski definition) is 0. The predicted octanol–water partition coefficient (Wildman–Crippen LogP) is 5.55. The van der Waals surface area contributed by atoms with Crippen molar-refractivity contribution in [2.24, 2.45) is 0 Å². The molecule has 0 radical (unpaired) electrons. The van der Waals surface area contributed by atoms with E-state index in [1.807, 2.05) is 60.7 Å². The van der Waals surface area contributed by atoms with E-state index in [4.69, 9.17) is 0 Å². The van der Waals surface area contributed by atoms with Gasteiger partial charge in [-0.25, -0.2) is 0 Å². The van der Waals surface area contributed by atoms with Crippen LogP contribution < -0.4 is 5.11 Å². The Bertz CT molecular complexity index is 1060. The zero-order valence-electron chi connectivity index (χ0n) is 19.7. The molecule has 0 aliphatic carbocycles. The summed E-state index contributed by atoms with van der Waals surface area (Å²) in [6.45, 7) is 6.81. The molecule has 174 valence electrons. The summed E-state index contributed by atoms with van der Waals surface area (Å²) in [5.41, 5.74) is 6.49. The van der Waals surface area contributed by atoms with E-state index in [0.29, 0.717) is 0 Å². The first-order valence-corrected chi connectivity index (χ1v) is 10.5. The maximum Gasteiger partial charge on any atom is 3.00 e. The molecule has 0 aliphatic heterocycles. The van der Waals surface area contributed by atoms with Gasteiger partial charge in [0, 0.05) is 12.4 Å². The molecule has 2 aromatic heterocycles. The first-order chi connectivity index (χ1) is 15.8. The fraction of sp³-hybridized carbons (Fsp3) is 0.138. The molecule has 4 rings (SSSR count). The van der Waals surface area contributed by atoms with Crippen LogP contribution >= 0.6 is 0 Å². The van der Waals surface area contributed by atoms with Crippen LogP contribution in [-0.2, 0) is 24.9 Å². The van der Waals surface area contributed by atoms with Gasteiger partial charge in [-0.15, -0.1) is 76.5 Å². The Morgan fingerprint density at radius 1 is 0.765 bits per heavy atom. The average Bonchev–Trinajstić information content (AvgIpc) is 2.81. The number of hydrogen-bond acceptors (Lipinski definition) is 4. The standard InChI is InChI=1S/2C12H10N.C5H8O2.Ir/c2*1-10-5-7-11(8-6-10)12-4-2-3-9-13-12;1-4(6)3-5(2)7;/h2*2-7,9H,1H3;3,6H,1-2H3;/q2*-1;;+3/p-1/b;;4-3-;. The number of rotatable bonds is 3. The minimum atomic E-state index is -0.187. The monoisotopic (exact) mass is 628 g/mol. The van der Waals surface area contributed by atoms with E-state index in [9.17, 15) is 9.90 Å². The van der Waals surface area contributed by atoms with Crippen molar-refractivity contribution in [3.63, 3.8) is 0 Å². The zero-order valence-corrected chi connectivity index (χ0v) is 22.1. The van der Waals surface area contributed by atoms with Crippen molar-refractivity contribution in [1.82, 2.24) is 9.97 Å². The van der Waals surface area contributed by atoms with Gasteiger partial charge in [-0.1, -0.05) is 45.0 Å². The van der Waals surface area contributed by atoms with Crippen LogP contribution in [0.1, 0.15) is 25.0 Å². The molecule has 0 amide bonds. The molecule has 0 atom stereocenters. The third-order valence-corrected chi connectivity index (χ3v) is 4.22. The van der Waals surface area contributed by atoms with Crippen molar-refractivity contribution >= 4 is 5.78 Å². The van der Waals surface area contributed by atoms with Crippen molar-refractivity contribution in [3.05, 3.63) is 120 Å². The van der Waals surface area contributed by atoms with Gasteiger partial charge in [0.2, 0.25) is 0 Å². The van der Waals surface area contributed by atoms with Crippen LogP contribution in [0.25, 0.3) is 22.5 Å². The van der Waals surface area contributed by atoms with Crippen molar-refractivity contribution in [2.75, 3.05) is 0 Å². The van der Waals surface area contributed by atoms with Gasteiger partial charge in [-0.3, -0.25) is 4.79 Å². The SMILES string of the molecule is CC(=O)/C=C(/C)[O-].Cc1c[c-]c(-c2ccccn2)cc1.Cc1c[c-]c(-c2ccccn2)cc1.[Ir+3]. The van der Waals surface area contributed by atoms with Crippen LogP contribution in [-0.4, -0.2) is 15.8 Å². The van der Waals surface area contributed by atoms with Gasteiger partial charge < -0.3 is 15.1 Å². The fourth-order valence-electron chi connectivity index (χ4n) is 2.65. The van der Waals surface area contributed by atoms with Gasteiger partial charge in [0.1, 0.15) is 0 Å². The van der Waals surface area contributed by atoms with Crippen molar-refractivity contribution in [1.29, 1.82) is 0 Å². The van der Waals surface area contributed by atoms with Crippen molar-refractivity contribution in [2.45, 2.75) is 27.7 Å². The molecule has 0 aliphatic rings. The quantitative estimate of drug-likeness (QED) is 0.170. The number of benzene rings is 2. The largest absolute Gasteiger partial charge is 3.00 e. The molecule has 34 heavy (non-hydrogen) atoms. The number of nitrogens with zero attached hydrogens (tertiary/aromatic N) is 2. The van der Waals surface area contributed by atoms with Crippen LogP contribution in [0.4, 0.5) is 0 Å². The van der Waals surface area contributed by atoms with E-state index in [1.54, 1.807) is 12.4 Å². The van der Waals surface area contributed by atoms with E-state index in [1.165, 1.54) is 25.0 Å². The second-order valence-electron chi connectivity index (χ2n) is 7.35. The first kappa shape index (κ1) is 28.6. The number of carbonyl (C=O) groups is 1. The molecule has 2 aromatic carbocycles. The maximum absolute atomic E-state index is 9.98. The minimum Gasteiger partial charge on any atom is -0.876 e. The summed E-state index contributed by atoms with van der Waals surface area (Å²) in [5.74, 6) is -0.375. The Kier molecular flexibility index (Phi) is 13.0. The smallest absolute Gasteiger partial charge is 0.876 e. The molecule has 4 nitrogen and oxygen atoms in total. The molecule has 0 fully saturated rings. The summed E-state index contributed by atoms with van der Waals surface area (Å²) < 4.78 is 0. The Hall–Kier alpha value is -3.40. The van der Waals surface area contributed by atoms with E-state index in [0.717, 1.165) is 28.6 Å². The number of allylic oxidation sites excluding steroid dienone is 2. The summed E-state index contributed by atoms with van der Waals surface area (Å²) in [7, 11) is 0. The van der Waals surface area contributed by atoms with E-state index in [-0.39, 0.29) is 31.6 Å². The fourth-order valence-corrected chi connectivity index (χ4v) is 2.65. The topological polar surface area (TPSA) is 65.9 Å². The number of aromatic nitrogens is 2. The Morgan fingerprint density at radius 3 is 1.44 bits per heavy atom. The zero-order chi connectivity index (χ0) is 24.1. The number of pyridine rings is 2. The minimum absolute atomic E-state index is 0. The summed E-state index contributed by atoms with van der Waals surface area (Å²) >= 11 is 0. The summed E-state index contributed by atoms with van der Waals surface area (Å²) in [4.78, 5) is 18.5. The normalized spacial score (nSPS) is 9.94. The number of aryl methyl sites for hydroxylation is 2. The van der Waals surface area contributed by atoms with E-state index >= 15 is 0 Å². The molecule has 5 heteroatoms. The van der Waals surface area contributed by atoms with E-state index < -0.39 is 0 Å². The van der Waals surface area contributed by atoms with Crippen molar-refractivity contribution in [3.8, 4) is 22.5 Å². The Labute approximate surface area is 215 Å². The summed E-state index contributed by atoms with van der Waals surface area (Å²) in [5, 5.41) is 9.98. The van der Waals surface area contributed by atoms with Gasteiger partial charge in [-0.2, -0.15) is 0 Å². The van der Waals surface area contributed by atoms with Gasteiger partial charge in [0.05, 0.1) is 0 Å². The number of carbonyl (C=O) groups excluding carboxylic acids is 1. The maximum atomic E-state index is 9.98. The van der Waals surface area contributed by atoms with Crippen LogP contribution in [0.2, 0.25) is 0 Å². The van der Waals surface area contributed by atoms with Crippen LogP contribution in [0.3, 0.4) is 0 Å². The molecule has 0 unspecified atom stereocenters. The van der Waals surface area contributed by atoms with Gasteiger partial charge in [0.15, 0.2) is 5.78 Å². The molecule has 0 N–H and O–H groups in total. The molecule has 2 heterocycles. The molecule has 0 saturated carbocycles. The Balaban J connectivity index is 0.000000264. The molecular weight excluding hydrogens is 601 g/mol. The van der Waals surface area contributed by atoms with Crippen LogP contribution in [0.15, 0.2) is 97.0 Å².